The van der Waals surface area contributed by atoms with E-state index < -0.39 is 0 Å². The molecule has 2 nitrogen and oxygen atoms in total. The first-order valence-corrected chi connectivity index (χ1v) is 7.48. The first-order chi connectivity index (χ1) is 8.20. The second-order valence-electron chi connectivity index (χ2n) is 3.99. The van der Waals surface area contributed by atoms with Crippen molar-refractivity contribution in [1.82, 2.24) is 0 Å². The molecule has 0 aliphatic heterocycles. The molecule has 2 heterocycles. The van der Waals surface area contributed by atoms with Crippen LogP contribution in [0.3, 0.4) is 0 Å². The largest absolute Gasteiger partial charge is 0.465 e. The van der Waals surface area contributed by atoms with E-state index in [4.69, 9.17) is 10.2 Å². The van der Waals surface area contributed by atoms with Crippen molar-refractivity contribution in [3.63, 3.8) is 0 Å². The maximum Gasteiger partial charge on any atom is 0.119 e. The summed E-state index contributed by atoms with van der Waals surface area (Å²) in [6.45, 7) is 4.08. The van der Waals surface area contributed by atoms with Crippen molar-refractivity contribution >= 4 is 23.1 Å². The molecule has 2 unspecified atom stereocenters. The van der Waals surface area contributed by atoms with Crippen molar-refractivity contribution in [2.45, 2.75) is 35.8 Å². The molecule has 0 aromatic carbocycles. The van der Waals surface area contributed by atoms with Crippen molar-refractivity contribution in [2.24, 2.45) is 5.73 Å². The molecule has 0 fully saturated rings. The molecule has 0 bridgehead atoms. The van der Waals surface area contributed by atoms with Gasteiger partial charge in [-0.3, -0.25) is 0 Å². The van der Waals surface area contributed by atoms with Gasteiger partial charge < -0.3 is 10.2 Å². The minimum Gasteiger partial charge on any atom is -0.465 e. The average molecular weight is 267 g/mol. The maximum atomic E-state index is 6.20. The van der Waals surface area contributed by atoms with Crippen LogP contribution < -0.4 is 5.73 Å². The Hall–Kier alpha value is -0.710. The third kappa shape index (κ3) is 3.15. The van der Waals surface area contributed by atoms with Gasteiger partial charge in [-0.05, 0) is 36.9 Å². The zero-order chi connectivity index (χ0) is 12.3. The molecule has 92 valence electrons. The van der Waals surface area contributed by atoms with Crippen molar-refractivity contribution in [3.8, 4) is 0 Å². The third-order valence-corrected chi connectivity index (χ3v) is 5.08. The minimum atomic E-state index is 0.118. The van der Waals surface area contributed by atoms with Crippen LogP contribution >= 0.6 is 23.1 Å². The van der Waals surface area contributed by atoms with Gasteiger partial charge in [0.15, 0.2) is 0 Å². The molecular formula is C13H17NOS2. The van der Waals surface area contributed by atoms with Crippen molar-refractivity contribution in [2.75, 3.05) is 0 Å². The standard InChI is InChI=1S/C13H17NOS2/c1-3-10(14)13(11-7-6-9(2)15-11)17-12-5-4-8-16-12/h4-8,10,13H,3,14H2,1-2H3. The van der Waals surface area contributed by atoms with E-state index in [2.05, 4.69) is 24.4 Å². The second kappa shape index (κ2) is 5.76. The lowest BCUT2D eigenvalue weighted by atomic mass is 10.1. The zero-order valence-electron chi connectivity index (χ0n) is 10.1. The van der Waals surface area contributed by atoms with Gasteiger partial charge in [-0.25, -0.2) is 0 Å². The van der Waals surface area contributed by atoms with Crippen LogP contribution in [0.4, 0.5) is 0 Å². The fourth-order valence-electron chi connectivity index (χ4n) is 1.63. The summed E-state index contributed by atoms with van der Waals surface area (Å²) >= 11 is 3.54. The molecule has 0 saturated heterocycles. The molecule has 2 atom stereocenters. The van der Waals surface area contributed by atoms with Crippen LogP contribution in [0.25, 0.3) is 0 Å². The molecule has 0 spiro atoms. The van der Waals surface area contributed by atoms with E-state index in [1.807, 2.05) is 19.1 Å². The highest BCUT2D eigenvalue weighted by molar-refractivity contribution is 8.01. The Morgan fingerprint density at radius 1 is 1.41 bits per heavy atom. The van der Waals surface area contributed by atoms with E-state index in [-0.39, 0.29) is 11.3 Å². The quantitative estimate of drug-likeness (QED) is 0.824. The van der Waals surface area contributed by atoms with Gasteiger partial charge in [0.25, 0.3) is 0 Å². The molecule has 0 saturated carbocycles. The SMILES string of the molecule is CCC(N)C(Sc1cccs1)c1ccc(C)o1. The Morgan fingerprint density at radius 3 is 2.76 bits per heavy atom. The predicted octanol–water partition coefficient (Wildman–Crippen LogP) is 4.22. The first-order valence-electron chi connectivity index (χ1n) is 5.72. The molecule has 0 radical (unpaired) electrons. The number of nitrogens with two attached hydrogens (primary N) is 1. The van der Waals surface area contributed by atoms with Gasteiger partial charge in [0, 0.05) is 6.04 Å². The summed E-state index contributed by atoms with van der Waals surface area (Å²) in [6.07, 6.45) is 0.947. The van der Waals surface area contributed by atoms with Gasteiger partial charge in [-0.2, -0.15) is 0 Å². The van der Waals surface area contributed by atoms with E-state index in [0.717, 1.165) is 17.9 Å². The Balaban J connectivity index is 2.19. The summed E-state index contributed by atoms with van der Waals surface area (Å²) in [4.78, 5) is 0. The highest BCUT2D eigenvalue weighted by Gasteiger charge is 2.23. The van der Waals surface area contributed by atoms with Crippen LogP contribution in [-0.4, -0.2) is 6.04 Å². The van der Waals surface area contributed by atoms with E-state index >= 15 is 0 Å². The van der Waals surface area contributed by atoms with Crippen LogP contribution in [0.2, 0.25) is 0 Å². The number of rotatable bonds is 5. The van der Waals surface area contributed by atoms with E-state index in [1.54, 1.807) is 23.1 Å². The zero-order valence-corrected chi connectivity index (χ0v) is 11.7. The fourth-order valence-corrected chi connectivity index (χ4v) is 3.80. The molecule has 0 aliphatic carbocycles. The van der Waals surface area contributed by atoms with E-state index in [0.29, 0.717) is 0 Å². The number of furan rings is 1. The van der Waals surface area contributed by atoms with Gasteiger partial charge >= 0.3 is 0 Å². The van der Waals surface area contributed by atoms with Crippen molar-refractivity contribution in [1.29, 1.82) is 0 Å². The summed E-state index contributed by atoms with van der Waals surface area (Å²) < 4.78 is 7.01. The molecule has 4 heteroatoms. The summed E-state index contributed by atoms with van der Waals surface area (Å²) in [5, 5.41) is 2.29. The highest BCUT2D eigenvalue weighted by Crippen LogP contribution is 2.40. The Morgan fingerprint density at radius 2 is 2.24 bits per heavy atom. The topological polar surface area (TPSA) is 39.2 Å². The molecule has 2 N–H and O–H groups in total. The molecule has 2 aromatic rings. The summed E-state index contributed by atoms with van der Waals surface area (Å²) in [6, 6.07) is 8.35. The molecular weight excluding hydrogens is 250 g/mol. The Kier molecular flexibility index (Phi) is 4.31. The molecule has 2 aromatic heterocycles. The number of thioether (sulfide) groups is 1. The van der Waals surface area contributed by atoms with Crippen LogP contribution in [0.1, 0.15) is 30.1 Å². The first kappa shape index (κ1) is 12.7. The number of hydrogen-bond donors (Lipinski definition) is 1. The smallest absolute Gasteiger partial charge is 0.119 e. The monoisotopic (exact) mass is 267 g/mol. The Bertz CT molecular complexity index is 450. The van der Waals surface area contributed by atoms with Gasteiger partial charge in [-0.1, -0.05) is 13.0 Å². The van der Waals surface area contributed by atoms with Crippen molar-refractivity contribution in [3.05, 3.63) is 41.2 Å². The lowest BCUT2D eigenvalue weighted by molar-refractivity contribution is 0.455. The summed E-state index contributed by atoms with van der Waals surface area (Å²) in [7, 11) is 0. The third-order valence-electron chi connectivity index (χ3n) is 2.64. The summed E-state index contributed by atoms with van der Waals surface area (Å²) in [5.74, 6) is 1.93. The number of hydrogen-bond acceptors (Lipinski definition) is 4. The van der Waals surface area contributed by atoms with Gasteiger partial charge in [0.1, 0.15) is 11.5 Å². The molecule has 0 amide bonds. The number of thiophene rings is 1. The minimum absolute atomic E-state index is 0.118. The molecule has 17 heavy (non-hydrogen) atoms. The van der Waals surface area contributed by atoms with E-state index in [9.17, 15) is 0 Å². The Labute approximate surface area is 110 Å². The van der Waals surface area contributed by atoms with Crippen molar-refractivity contribution < 1.29 is 4.42 Å². The second-order valence-corrected chi connectivity index (χ2v) is 6.38. The molecule has 0 aliphatic rings. The van der Waals surface area contributed by atoms with Gasteiger partial charge in [-0.15, -0.1) is 23.1 Å². The maximum absolute atomic E-state index is 6.20. The van der Waals surface area contributed by atoms with Crippen LogP contribution in [0.15, 0.2) is 38.3 Å². The average Bonchev–Trinajstić information content (AvgIpc) is 2.96. The lowest BCUT2D eigenvalue weighted by Crippen LogP contribution is -2.25. The van der Waals surface area contributed by atoms with Crippen LogP contribution in [0, 0.1) is 6.92 Å². The highest BCUT2D eigenvalue weighted by atomic mass is 32.2. The van der Waals surface area contributed by atoms with Gasteiger partial charge in [0.2, 0.25) is 0 Å². The lowest BCUT2D eigenvalue weighted by Gasteiger charge is -2.19. The van der Waals surface area contributed by atoms with Crippen LogP contribution in [0.5, 0.6) is 0 Å². The molecule has 2 rings (SSSR count). The van der Waals surface area contributed by atoms with Crippen LogP contribution in [-0.2, 0) is 0 Å². The van der Waals surface area contributed by atoms with Gasteiger partial charge in [0.05, 0.1) is 9.46 Å². The van der Waals surface area contributed by atoms with E-state index in [1.165, 1.54) is 4.21 Å². The number of aryl methyl sites for hydroxylation is 1. The predicted molar refractivity (Wildman–Crippen MR) is 74.6 cm³/mol. The fraction of sp³-hybridized carbons (Fsp3) is 0.385. The normalized spacial score (nSPS) is 14.8. The summed E-state index contributed by atoms with van der Waals surface area (Å²) in [5.41, 5.74) is 6.20.